The molecule has 1 aromatic heterocycles. The van der Waals surface area contributed by atoms with Crippen molar-refractivity contribution >= 4 is 46.3 Å². The van der Waals surface area contributed by atoms with Crippen LogP contribution in [0.25, 0.3) is 17.2 Å². The van der Waals surface area contributed by atoms with Crippen LogP contribution < -0.4 is 5.43 Å². The molecular weight excluding hydrogens is 386 g/mol. The summed E-state index contributed by atoms with van der Waals surface area (Å²) in [5, 5.41) is 8.72. The highest BCUT2D eigenvalue weighted by Gasteiger charge is 2.32. The van der Waals surface area contributed by atoms with Gasteiger partial charge in [-0.2, -0.15) is 0 Å². The number of thioether (sulfide) groups is 1. The van der Waals surface area contributed by atoms with Gasteiger partial charge in [0.05, 0.1) is 16.0 Å². The van der Waals surface area contributed by atoms with E-state index in [1.165, 1.54) is 23.5 Å². The van der Waals surface area contributed by atoms with Gasteiger partial charge in [-0.25, -0.2) is 0 Å². The highest BCUT2D eigenvalue weighted by atomic mass is 32.2. The fraction of sp³-hybridized carbons (Fsp3) is 0.158. The molecule has 0 spiro atoms. The van der Waals surface area contributed by atoms with E-state index in [9.17, 15) is 14.4 Å². The molecule has 1 aliphatic rings. The molecular formula is C19H15NO5S2. The Morgan fingerprint density at radius 2 is 1.96 bits per heavy atom. The predicted molar refractivity (Wildman–Crippen MR) is 107 cm³/mol. The fourth-order valence-electron chi connectivity index (χ4n) is 2.58. The molecule has 0 aliphatic carbocycles. The summed E-state index contributed by atoms with van der Waals surface area (Å²) in [5.74, 6) is -1.26. The van der Waals surface area contributed by atoms with E-state index >= 15 is 0 Å². The number of hydrogen-bond acceptors (Lipinski definition) is 6. The van der Waals surface area contributed by atoms with Crippen molar-refractivity contribution in [2.45, 2.75) is 12.8 Å². The summed E-state index contributed by atoms with van der Waals surface area (Å²) in [6.45, 7) is 0.229. The zero-order valence-electron chi connectivity index (χ0n) is 14.1. The number of hydrogen-bond donors (Lipinski definition) is 1. The monoisotopic (exact) mass is 401 g/mol. The lowest BCUT2D eigenvalue weighted by molar-refractivity contribution is -0.137. The van der Waals surface area contributed by atoms with Crippen LogP contribution in [0.4, 0.5) is 0 Å². The molecule has 1 fully saturated rings. The number of nitrogens with zero attached hydrogens (tertiary/aromatic N) is 1. The molecule has 0 bridgehead atoms. The number of carbonyl (C=O) groups excluding carboxylic acids is 1. The van der Waals surface area contributed by atoms with Gasteiger partial charge < -0.3 is 9.52 Å². The molecule has 0 saturated carbocycles. The maximum absolute atomic E-state index is 12.7. The second-order valence-electron chi connectivity index (χ2n) is 5.77. The van der Waals surface area contributed by atoms with Crippen LogP contribution in [0.5, 0.6) is 0 Å². The Bertz CT molecular complexity index is 981. The van der Waals surface area contributed by atoms with Crippen molar-refractivity contribution in [2.24, 2.45) is 0 Å². The minimum atomic E-state index is -0.925. The van der Waals surface area contributed by atoms with E-state index in [0.717, 1.165) is 17.3 Å². The van der Waals surface area contributed by atoms with Gasteiger partial charge in [0.2, 0.25) is 0 Å². The lowest BCUT2D eigenvalue weighted by atomic mass is 10.1. The second kappa shape index (κ2) is 8.32. The Kier molecular flexibility index (Phi) is 5.88. The van der Waals surface area contributed by atoms with Gasteiger partial charge in [0.25, 0.3) is 5.91 Å². The first-order valence-corrected chi connectivity index (χ1v) is 9.33. The molecule has 1 saturated heterocycles. The average molecular weight is 401 g/mol. The summed E-state index contributed by atoms with van der Waals surface area (Å²) in [5.41, 5.74) is 1.13. The standard InChI is InChI=1S/C19H15NO5S2/c21-16(22)7-4-8-20-18(24)15(27-19(20)26)9-13-10-25-11-14(17(13)23)12-5-2-1-3-6-12/h1-3,5-6,9-11H,4,7-8H2,(H,21,22)/b15-9-. The first kappa shape index (κ1) is 19.1. The van der Waals surface area contributed by atoms with Crippen molar-refractivity contribution in [1.82, 2.24) is 4.90 Å². The first-order chi connectivity index (χ1) is 13.0. The number of carboxylic acid groups (broad SMARTS) is 1. The van der Waals surface area contributed by atoms with Crippen LogP contribution in [-0.4, -0.2) is 32.7 Å². The van der Waals surface area contributed by atoms with Crippen molar-refractivity contribution in [3.05, 3.63) is 63.6 Å². The number of aliphatic carboxylic acids is 1. The number of carbonyl (C=O) groups is 2. The second-order valence-corrected chi connectivity index (χ2v) is 7.44. The molecule has 1 N–H and O–H groups in total. The molecule has 0 atom stereocenters. The third-order valence-electron chi connectivity index (χ3n) is 3.91. The summed E-state index contributed by atoms with van der Waals surface area (Å²) in [6.07, 6.45) is 4.41. The molecule has 2 heterocycles. The predicted octanol–water partition coefficient (Wildman–Crippen LogP) is 3.37. The van der Waals surface area contributed by atoms with E-state index in [-0.39, 0.29) is 29.9 Å². The third kappa shape index (κ3) is 4.35. The molecule has 138 valence electrons. The van der Waals surface area contributed by atoms with Crippen LogP contribution in [0, 0.1) is 0 Å². The molecule has 8 heteroatoms. The SMILES string of the molecule is O=C(O)CCCN1C(=O)/C(=C/c2cocc(-c3ccccc3)c2=O)SC1=S. The largest absolute Gasteiger partial charge is 0.481 e. The van der Waals surface area contributed by atoms with Gasteiger partial charge in [0.1, 0.15) is 16.8 Å². The third-order valence-corrected chi connectivity index (χ3v) is 5.28. The fourth-order valence-corrected chi connectivity index (χ4v) is 3.88. The van der Waals surface area contributed by atoms with Gasteiger partial charge in [0.15, 0.2) is 5.43 Å². The zero-order valence-corrected chi connectivity index (χ0v) is 15.7. The summed E-state index contributed by atoms with van der Waals surface area (Å²) < 4.78 is 5.64. The number of carboxylic acids is 1. The normalized spacial score (nSPS) is 15.6. The van der Waals surface area contributed by atoms with Gasteiger partial charge in [-0.1, -0.05) is 54.3 Å². The Hall–Kier alpha value is -2.71. The minimum absolute atomic E-state index is 0.0428. The summed E-state index contributed by atoms with van der Waals surface area (Å²) in [4.78, 5) is 37.6. The van der Waals surface area contributed by atoms with E-state index < -0.39 is 5.97 Å². The van der Waals surface area contributed by atoms with Crippen molar-refractivity contribution in [3.8, 4) is 11.1 Å². The Labute approximate surface area is 164 Å². The van der Waals surface area contributed by atoms with Crippen LogP contribution in [0.3, 0.4) is 0 Å². The zero-order chi connectivity index (χ0) is 19.4. The van der Waals surface area contributed by atoms with Gasteiger partial charge in [0, 0.05) is 13.0 Å². The van der Waals surface area contributed by atoms with Gasteiger partial charge in [-0.15, -0.1) is 0 Å². The van der Waals surface area contributed by atoms with Crippen molar-refractivity contribution in [2.75, 3.05) is 6.54 Å². The van der Waals surface area contributed by atoms with E-state index in [0.29, 0.717) is 21.2 Å². The van der Waals surface area contributed by atoms with Crippen molar-refractivity contribution in [3.63, 3.8) is 0 Å². The van der Waals surface area contributed by atoms with Crippen molar-refractivity contribution < 1.29 is 19.1 Å². The molecule has 1 aliphatic heterocycles. The molecule has 1 aromatic carbocycles. The van der Waals surface area contributed by atoms with E-state index in [1.807, 2.05) is 18.2 Å². The average Bonchev–Trinajstić information content (AvgIpc) is 2.91. The first-order valence-electron chi connectivity index (χ1n) is 8.10. The Morgan fingerprint density at radius 3 is 2.67 bits per heavy atom. The molecule has 27 heavy (non-hydrogen) atoms. The van der Waals surface area contributed by atoms with E-state index in [1.54, 1.807) is 12.1 Å². The molecule has 3 rings (SSSR count). The smallest absolute Gasteiger partial charge is 0.303 e. The number of thiocarbonyl (C=S) groups is 1. The molecule has 1 amide bonds. The Balaban J connectivity index is 1.85. The maximum atomic E-state index is 12.7. The van der Waals surface area contributed by atoms with Crippen LogP contribution >= 0.6 is 24.0 Å². The summed E-state index contributed by atoms with van der Waals surface area (Å²) in [6, 6.07) is 9.11. The number of rotatable bonds is 6. The van der Waals surface area contributed by atoms with Crippen molar-refractivity contribution in [1.29, 1.82) is 0 Å². The molecule has 0 radical (unpaired) electrons. The molecule has 6 nitrogen and oxygen atoms in total. The van der Waals surface area contributed by atoms with Crippen LogP contribution in [0.2, 0.25) is 0 Å². The lowest BCUT2D eigenvalue weighted by Gasteiger charge is -2.13. The quantitative estimate of drug-likeness (QED) is 0.586. The van der Waals surface area contributed by atoms with Crippen LogP contribution in [0.1, 0.15) is 18.4 Å². The van der Waals surface area contributed by atoms with Crippen LogP contribution in [0.15, 0.2) is 57.0 Å². The highest BCUT2D eigenvalue weighted by molar-refractivity contribution is 8.26. The Morgan fingerprint density at radius 1 is 1.22 bits per heavy atom. The van der Waals surface area contributed by atoms with E-state index in [2.05, 4.69) is 0 Å². The minimum Gasteiger partial charge on any atom is -0.481 e. The summed E-state index contributed by atoms with van der Waals surface area (Å²) in [7, 11) is 0. The number of benzene rings is 1. The lowest BCUT2D eigenvalue weighted by Crippen LogP contribution is -2.29. The van der Waals surface area contributed by atoms with Crippen LogP contribution in [-0.2, 0) is 9.59 Å². The van der Waals surface area contributed by atoms with Gasteiger partial charge >= 0.3 is 5.97 Å². The molecule has 2 aromatic rings. The molecule has 0 unspecified atom stereocenters. The van der Waals surface area contributed by atoms with Gasteiger partial charge in [-0.3, -0.25) is 19.3 Å². The maximum Gasteiger partial charge on any atom is 0.303 e. The summed E-state index contributed by atoms with van der Waals surface area (Å²) >= 11 is 6.29. The highest BCUT2D eigenvalue weighted by Crippen LogP contribution is 2.32. The number of amides is 1. The topological polar surface area (TPSA) is 87.8 Å². The van der Waals surface area contributed by atoms with Gasteiger partial charge in [-0.05, 0) is 18.1 Å². The van der Waals surface area contributed by atoms with E-state index in [4.69, 9.17) is 21.7 Å².